The lowest BCUT2D eigenvalue weighted by Crippen LogP contribution is -2.11. The van der Waals surface area contributed by atoms with Gasteiger partial charge in [-0.3, -0.25) is 4.79 Å². The zero-order valence-electron chi connectivity index (χ0n) is 9.28. The molecule has 0 saturated carbocycles. The minimum atomic E-state index is -3.08. The third kappa shape index (κ3) is 3.49. The Morgan fingerprint density at radius 3 is 2.67 bits per heavy atom. The van der Waals surface area contributed by atoms with Gasteiger partial charge < -0.3 is 9.47 Å². The molecule has 0 aliphatic rings. The highest BCUT2D eigenvalue weighted by atomic mass is 79.9. The lowest BCUT2D eigenvalue weighted by Gasteiger charge is -2.11. The molecule has 0 spiro atoms. The minimum absolute atomic E-state index is 0.0828. The van der Waals surface area contributed by atoms with Crippen LogP contribution in [-0.2, 0) is 4.74 Å². The molecule has 1 aromatic rings. The molecule has 98 valence electrons. The van der Waals surface area contributed by atoms with E-state index in [2.05, 4.69) is 20.7 Å². The Morgan fingerprint density at radius 2 is 2.17 bits per heavy atom. The molecule has 0 fully saturated rings. The first-order chi connectivity index (χ1) is 8.49. The third-order valence-electron chi connectivity index (χ3n) is 1.94. The van der Waals surface area contributed by atoms with Gasteiger partial charge in [-0.15, -0.1) is 0 Å². The van der Waals surface area contributed by atoms with E-state index in [1.54, 1.807) is 6.92 Å². The molecule has 0 radical (unpaired) electrons. The standard InChI is InChI=1S/C11H9BrF2O4/c1-2-17-10(16)7-3-6(5-15)8(12)4-9(7)18-11(13)14/h3-5,11H,2H2,1H3. The first-order valence-corrected chi connectivity index (χ1v) is 5.69. The van der Waals surface area contributed by atoms with Crippen LogP contribution in [0.4, 0.5) is 8.78 Å². The summed E-state index contributed by atoms with van der Waals surface area (Å²) in [5.41, 5.74) is -0.0814. The molecule has 7 heteroatoms. The van der Waals surface area contributed by atoms with E-state index in [9.17, 15) is 18.4 Å². The predicted molar refractivity (Wildman–Crippen MR) is 62.1 cm³/mol. The molecule has 0 N–H and O–H groups in total. The quantitative estimate of drug-likeness (QED) is 0.617. The van der Waals surface area contributed by atoms with Crippen molar-refractivity contribution in [3.63, 3.8) is 0 Å². The average molecular weight is 323 g/mol. The van der Waals surface area contributed by atoms with Crippen LogP contribution in [0.1, 0.15) is 27.6 Å². The second-order valence-electron chi connectivity index (χ2n) is 3.09. The molecule has 4 nitrogen and oxygen atoms in total. The number of benzene rings is 1. The van der Waals surface area contributed by atoms with Crippen molar-refractivity contribution in [3.8, 4) is 5.75 Å². The van der Waals surface area contributed by atoms with Gasteiger partial charge in [0.05, 0.1) is 6.61 Å². The normalized spacial score (nSPS) is 10.3. The molecule has 0 bridgehead atoms. The van der Waals surface area contributed by atoms with Crippen molar-refractivity contribution >= 4 is 28.2 Å². The molecular weight excluding hydrogens is 314 g/mol. The Hall–Kier alpha value is -1.50. The fourth-order valence-electron chi connectivity index (χ4n) is 1.22. The van der Waals surface area contributed by atoms with Crippen molar-refractivity contribution in [1.82, 2.24) is 0 Å². The summed E-state index contributed by atoms with van der Waals surface area (Å²) in [6, 6.07) is 2.26. The van der Waals surface area contributed by atoms with Gasteiger partial charge in [-0.2, -0.15) is 8.78 Å². The van der Waals surface area contributed by atoms with Gasteiger partial charge in [0.25, 0.3) is 0 Å². The topological polar surface area (TPSA) is 52.6 Å². The number of hydrogen-bond acceptors (Lipinski definition) is 4. The van der Waals surface area contributed by atoms with Crippen LogP contribution in [0.3, 0.4) is 0 Å². The fourth-order valence-corrected chi connectivity index (χ4v) is 1.64. The molecule has 0 aliphatic heterocycles. The summed E-state index contributed by atoms with van der Waals surface area (Å²) in [6.45, 7) is -1.42. The van der Waals surface area contributed by atoms with Crippen molar-refractivity contribution in [2.75, 3.05) is 6.61 Å². The van der Waals surface area contributed by atoms with Crippen molar-refractivity contribution in [2.45, 2.75) is 13.5 Å². The van der Waals surface area contributed by atoms with Crippen LogP contribution in [0.5, 0.6) is 5.75 Å². The molecule has 0 heterocycles. The van der Waals surface area contributed by atoms with Gasteiger partial charge >= 0.3 is 12.6 Å². The zero-order chi connectivity index (χ0) is 13.7. The summed E-state index contributed by atoms with van der Waals surface area (Å²) in [5.74, 6) is -1.18. The maximum Gasteiger partial charge on any atom is 0.387 e. The number of ether oxygens (including phenoxy) is 2. The van der Waals surface area contributed by atoms with Gasteiger partial charge in [-0.25, -0.2) is 4.79 Å². The van der Waals surface area contributed by atoms with Crippen LogP contribution in [0.15, 0.2) is 16.6 Å². The minimum Gasteiger partial charge on any atom is -0.462 e. The first-order valence-electron chi connectivity index (χ1n) is 4.90. The smallest absolute Gasteiger partial charge is 0.387 e. The number of halogens is 3. The summed E-state index contributed by atoms with van der Waals surface area (Å²) in [7, 11) is 0. The van der Waals surface area contributed by atoms with Gasteiger partial charge in [-0.1, -0.05) is 0 Å². The Kier molecular flexibility index (Phi) is 5.21. The number of rotatable bonds is 5. The maximum absolute atomic E-state index is 12.2. The lowest BCUT2D eigenvalue weighted by atomic mass is 10.1. The van der Waals surface area contributed by atoms with Crippen LogP contribution >= 0.6 is 15.9 Å². The van der Waals surface area contributed by atoms with Crippen molar-refractivity contribution < 1.29 is 27.8 Å². The lowest BCUT2D eigenvalue weighted by molar-refractivity contribution is -0.0504. The van der Waals surface area contributed by atoms with E-state index in [-0.39, 0.29) is 28.0 Å². The molecular formula is C11H9BrF2O4. The van der Waals surface area contributed by atoms with Gasteiger partial charge in [0.15, 0.2) is 6.29 Å². The molecule has 0 amide bonds. The molecule has 1 aromatic carbocycles. The van der Waals surface area contributed by atoms with Crippen LogP contribution in [0.25, 0.3) is 0 Å². The second-order valence-corrected chi connectivity index (χ2v) is 3.94. The van der Waals surface area contributed by atoms with Crippen molar-refractivity contribution in [3.05, 3.63) is 27.7 Å². The van der Waals surface area contributed by atoms with Gasteiger partial charge in [0, 0.05) is 10.0 Å². The SMILES string of the molecule is CCOC(=O)c1cc(C=O)c(Br)cc1OC(F)F. The van der Waals surface area contributed by atoms with E-state index in [0.717, 1.165) is 12.1 Å². The average Bonchev–Trinajstić information content (AvgIpc) is 2.28. The molecule has 0 saturated heterocycles. The fraction of sp³-hybridized carbons (Fsp3) is 0.273. The number of esters is 1. The highest BCUT2D eigenvalue weighted by molar-refractivity contribution is 9.10. The van der Waals surface area contributed by atoms with E-state index >= 15 is 0 Å². The van der Waals surface area contributed by atoms with E-state index in [1.807, 2.05) is 0 Å². The number of alkyl halides is 2. The Bertz CT molecular complexity index is 463. The summed E-state index contributed by atoms with van der Waals surface area (Å²) >= 11 is 3.01. The Balaban J connectivity index is 3.25. The summed E-state index contributed by atoms with van der Waals surface area (Å²) in [6.07, 6.45) is 0.485. The Labute approximate surface area is 110 Å². The van der Waals surface area contributed by atoms with E-state index in [0.29, 0.717) is 6.29 Å². The molecule has 1 rings (SSSR count). The van der Waals surface area contributed by atoms with Gasteiger partial charge in [-0.05, 0) is 35.0 Å². The van der Waals surface area contributed by atoms with Crippen LogP contribution in [-0.4, -0.2) is 25.5 Å². The number of carbonyl (C=O) groups excluding carboxylic acids is 2. The molecule has 0 atom stereocenters. The molecule has 0 aliphatic carbocycles. The second kappa shape index (κ2) is 6.44. The highest BCUT2D eigenvalue weighted by Gasteiger charge is 2.19. The summed E-state index contributed by atoms with van der Waals surface area (Å²) in [4.78, 5) is 22.3. The van der Waals surface area contributed by atoms with E-state index in [1.165, 1.54) is 0 Å². The van der Waals surface area contributed by atoms with Crippen molar-refractivity contribution in [2.24, 2.45) is 0 Å². The maximum atomic E-state index is 12.2. The van der Waals surface area contributed by atoms with Crippen LogP contribution in [0.2, 0.25) is 0 Å². The number of hydrogen-bond donors (Lipinski definition) is 0. The predicted octanol–water partition coefficient (Wildman–Crippen LogP) is 3.04. The summed E-state index contributed by atoms with van der Waals surface area (Å²) < 4.78 is 33.6. The van der Waals surface area contributed by atoms with Gasteiger partial charge in [0.2, 0.25) is 0 Å². The molecule has 18 heavy (non-hydrogen) atoms. The van der Waals surface area contributed by atoms with Gasteiger partial charge in [0.1, 0.15) is 11.3 Å². The highest BCUT2D eigenvalue weighted by Crippen LogP contribution is 2.28. The van der Waals surface area contributed by atoms with E-state index < -0.39 is 12.6 Å². The van der Waals surface area contributed by atoms with E-state index in [4.69, 9.17) is 4.74 Å². The number of aldehydes is 1. The zero-order valence-corrected chi connectivity index (χ0v) is 10.9. The Morgan fingerprint density at radius 1 is 1.50 bits per heavy atom. The summed E-state index contributed by atoms with van der Waals surface area (Å²) in [5, 5.41) is 0. The first kappa shape index (κ1) is 14.6. The third-order valence-corrected chi connectivity index (χ3v) is 2.62. The monoisotopic (exact) mass is 322 g/mol. The largest absolute Gasteiger partial charge is 0.462 e. The molecule has 0 aromatic heterocycles. The number of carbonyl (C=O) groups is 2. The van der Waals surface area contributed by atoms with Crippen LogP contribution < -0.4 is 4.74 Å². The van der Waals surface area contributed by atoms with Crippen LogP contribution in [0, 0.1) is 0 Å². The molecule has 0 unspecified atom stereocenters. The van der Waals surface area contributed by atoms with Crippen molar-refractivity contribution in [1.29, 1.82) is 0 Å².